The molecule has 1 aromatic carbocycles. The summed E-state index contributed by atoms with van der Waals surface area (Å²) in [4.78, 5) is 12.8. The first kappa shape index (κ1) is 22.1. The van der Waals surface area contributed by atoms with E-state index < -0.39 is 25.2 Å². The Hall–Kier alpha value is -2.37. The highest BCUT2D eigenvalue weighted by molar-refractivity contribution is 6.30. The molecule has 5 aliphatic rings. The van der Waals surface area contributed by atoms with Gasteiger partial charge in [-0.05, 0) is 49.8 Å². The molecule has 2 N–H and O–H groups in total. The van der Waals surface area contributed by atoms with Crippen LogP contribution in [0.4, 0.5) is 13.2 Å². The molecule has 4 saturated carbocycles. The first-order chi connectivity index (χ1) is 16.0. The molecule has 2 heterocycles. The van der Waals surface area contributed by atoms with Crippen LogP contribution in [0.2, 0.25) is 5.02 Å². The van der Waals surface area contributed by atoms with Crippen molar-refractivity contribution in [3.8, 4) is 5.75 Å². The number of halogens is 4. The van der Waals surface area contributed by atoms with E-state index in [1.807, 2.05) is 0 Å². The summed E-state index contributed by atoms with van der Waals surface area (Å²) in [5.41, 5.74) is -0.110. The van der Waals surface area contributed by atoms with E-state index in [1.54, 1.807) is 18.2 Å². The number of hydrogen-bond donors (Lipinski definition) is 2. The number of aliphatic hydroxyl groups excluding tert-OH is 1. The molecule has 4 atom stereocenters. The molecule has 2 unspecified atom stereocenters. The zero-order chi connectivity index (χ0) is 23.9. The summed E-state index contributed by atoms with van der Waals surface area (Å²) in [5.74, 6) is 0.477. The molecule has 12 heteroatoms. The van der Waals surface area contributed by atoms with Crippen molar-refractivity contribution < 1.29 is 37.0 Å². The summed E-state index contributed by atoms with van der Waals surface area (Å²) < 4.78 is 52.1. The molecule has 4 aliphatic carbocycles. The molecule has 0 radical (unpaired) electrons. The average Bonchev–Trinajstić information content (AvgIpc) is 3.34. The van der Waals surface area contributed by atoms with Gasteiger partial charge in [-0.25, -0.2) is 0 Å². The molecule has 182 valence electrons. The van der Waals surface area contributed by atoms with Gasteiger partial charge in [-0.1, -0.05) is 11.6 Å². The van der Waals surface area contributed by atoms with Crippen molar-refractivity contribution >= 4 is 17.5 Å². The molecule has 0 saturated heterocycles. The largest absolute Gasteiger partial charge is 0.522 e. The maximum absolute atomic E-state index is 12.8. The Labute approximate surface area is 196 Å². The molecule has 1 amide bonds. The van der Waals surface area contributed by atoms with Crippen molar-refractivity contribution in [2.75, 3.05) is 6.61 Å². The highest BCUT2D eigenvalue weighted by Crippen LogP contribution is 2.67. The Kier molecular flexibility index (Phi) is 4.76. The number of aromatic nitrogens is 2. The van der Waals surface area contributed by atoms with Crippen LogP contribution in [0, 0.1) is 5.92 Å². The lowest BCUT2D eigenvalue weighted by atomic mass is 9.39. The lowest BCUT2D eigenvalue weighted by Gasteiger charge is -2.68. The summed E-state index contributed by atoms with van der Waals surface area (Å²) in [7, 11) is 0. The fourth-order valence-corrected chi connectivity index (χ4v) is 5.78. The SMILES string of the molecule is O=C(NC12CC(c3nnc([C@@H]4C[C@H]4COC(F)(F)F)o3)(C1)C2)C1CC(O)c2cc(Cl)ccc2O1. The molecular weight excluding hydrogens is 479 g/mol. The minimum atomic E-state index is -4.64. The number of fused-ring (bicyclic) bond motifs is 1. The molecule has 2 bridgehead atoms. The quantitative estimate of drug-likeness (QED) is 0.626. The lowest BCUT2D eigenvalue weighted by molar-refractivity contribution is -0.326. The third kappa shape index (κ3) is 3.74. The van der Waals surface area contributed by atoms with Crippen LogP contribution in [-0.2, 0) is 14.9 Å². The highest BCUT2D eigenvalue weighted by Gasteiger charge is 2.72. The van der Waals surface area contributed by atoms with Gasteiger partial charge in [-0.2, -0.15) is 0 Å². The molecule has 4 fully saturated rings. The number of nitrogens with zero attached hydrogens (tertiary/aromatic N) is 2. The van der Waals surface area contributed by atoms with Crippen molar-refractivity contribution in [3.05, 3.63) is 40.6 Å². The van der Waals surface area contributed by atoms with Crippen molar-refractivity contribution in [2.24, 2.45) is 5.92 Å². The summed E-state index contributed by atoms with van der Waals surface area (Å²) in [6.45, 7) is -0.415. The number of alkyl halides is 3. The number of nitrogens with one attached hydrogen (secondary N) is 1. The Morgan fingerprint density at radius 3 is 2.76 bits per heavy atom. The predicted octanol–water partition coefficient (Wildman–Crippen LogP) is 3.54. The minimum absolute atomic E-state index is 0.133. The van der Waals surface area contributed by atoms with Crippen LogP contribution in [0.15, 0.2) is 22.6 Å². The fraction of sp³-hybridized carbons (Fsp3) is 0.591. The Morgan fingerprint density at radius 2 is 2.03 bits per heavy atom. The van der Waals surface area contributed by atoms with Crippen molar-refractivity contribution in [1.82, 2.24) is 15.5 Å². The van der Waals surface area contributed by atoms with E-state index in [1.165, 1.54) is 0 Å². The van der Waals surface area contributed by atoms with Gasteiger partial charge >= 0.3 is 6.36 Å². The van der Waals surface area contributed by atoms with E-state index >= 15 is 0 Å². The second-order valence-electron chi connectivity index (χ2n) is 9.92. The van der Waals surface area contributed by atoms with Gasteiger partial charge in [-0.3, -0.25) is 9.53 Å². The van der Waals surface area contributed by atoms with Gasteiger partial charge in [0.15, 0.2) is 6.10 Å². The monoisotopic (exact) mass is 499 g/mol. The third-order valence-corrected chi connectivity index (χ3v) is 7.58. The number of amides is 1. The Bertz CT molecular complexity index is 1140. The maximum atomic E-state index is 12.8. The smallest absolute Gasteiger partial charge is 0.480 e. The van der Waals surface area contributed by atoms with Crippen LogP contribution in [0.25, 0.3) is 0 Å². The van der Waals surface area contributed by atoms with E-state index in [0.717, 1.165) is 0 Å². The van der Waals surface area contributed by atoms with E-state index in [2.05, 4.69) is 20.3 Å². The Morgan fingerprint density at radius 1 is 1.26 bits per heavy atom. The number of carbonyl (C=O) groups excluding carboxylic acids is 1. The topological polar surface area (TPSA) is 107 Å². The van der Waals surface area contributed by atoms with Crippen LogP contribution < -0.4 is 10.1 Å². The van der Waals surface area contributed by atoms with Gasteiger partial charge < -0.3 is 19.6 Å². The van der Waals surface area contributed by atoms with Crippen molar-refractivity contribution in [2.45, 2.75) is 67.5 Å². The zero-order valence-electron chi connectivity index (χ0n) is 17.8. The third-order valence-electron chi connectivity index (χ3n) is 7.34. The van der Waals surface area contributed by atoms with Crippen LogP contribution in [-0.4, -0.2) is 45.8 Å². The second-order valence-corrected chi connectivity index (χ2v) is 10.4. The van der Waals surface area contributed by atoms with Gasteiger partial charge in [0.1, 0.15) is 5.75 Å². The zero-order valence-corrected chi connectivity index (χ0v) is 18.5. The van der Waals surface area contributed by atoms with Gasteiger partial charge in [0.05, 0.1) is 18.1 Å². The second kappa shape index (κ2) is 7.32. The van der Waals surface area contributed by atoms with E-state index in [-0.39, 0.29) is 35.1 Å². The molecule has 1 aromatic heterocycles. The summed E-state index contributed by atoms with van der Waals surface area (Å²) in [6.07, 6.45) is -3.73. The van der Waals surface area contributed by atoms with Gasteiger partial charge in [0.25, 0.3) is 5.91 Å². The van der Waals surface area contributed by atoms with Gasteiger partial charge in [0.2, 0.25) is 11.8 Å². The fourth-order valence-electron chi connectivity index (χ4n) is 5.60. The van der Waals surface area contributed by atoms with Crippen LogP contribution in [0.3, 0.4) is 0 Å². The standard InChI is InChI=1S/C22H21ClF3N3O5/c23-11-1-2-15-13(4-11)14(30)5-16(33-15)17(31)27-21-7-20(8-21,9-21)19-29-28-18(34-19)12-3-10(12)6-32-22(24,25)26/h1-2,4,10,12,14,16,30H,3,5-9H2,(H,27,31)/t10-,12+,14?,16?,20?,21?/m0/s1. The van der Waals surface area contributed by atoms with Gasteiger partial charge in [0, 0.05) is 28.5 Å². The average molecular weight is 500 g/mol. The van der Waals surface area contributed by atoms with E-state index in [0.29, 0.717) is 53.8 Å². The highest BCUT2D eigenvalue weighted by atomic mass is 35.5. The van der Waals surface area contributed by atoms with E-state index in [4.69, 9.17) is 20.8 Å². The summed E-state index contributed by atoms with van der Waals surface area (Å²) in [5, 5.41) is 22.1. The number of ether oxygens (including phenoxy) is 2. The van der Waals surface area contributed by atoms with Crippen LogP contribution in [0.5, 0.6) is 5.75 Å². The molecule has 7 rings (SSSR count). The molecule has 0 spiro atoms. The molecule has 34 heavy (non-hydrogen) atoms. The van der Waals surface area contributed by atoms with Crippen LogP contribution >= 0.6 is 11.6 Å². The van der Waals surface area contributed by atoms with Crippen LogP contribution in [0.1, 0.15) is 61.5 Å². The number of aliphatic hydroxyl groups is 1. The Balaban J connectivity index is 1.03. The normalized spacial score (nSPS) is 35.4. The number of carbonyl (C=O) groups is 1. The first-order valence-electron chi connectivity index (χ1n) is 11.1. The molecule has 1 aliphatic heterocycles. The number of benzene rings is 1. The van der Waals surface area contributed by atoms with Crippen molar-refractivity contribution in [3.63, 3.8) is 0 Å². The summed E-state index contributed by atoms with van der Waals surface area (Å²) >= 11 is 5.97. The van der Waals surface area contributed by atoms with Gasteiger partial charge in [-0.15, -0.1) is 23.4 Å². The maximum Gasteiger partial charge on any atom is 0.522 e. The molecule has 2 aromatic rings. The lowest BCUT2D eigenvalue weighted by Crippen LogP contribution is -2.77. The summed E-state index contributed by atoms with van der Waals surface area (Å²) in [6, 6.07) is 4.92. The van der Waals surface area contributed by atoms with E-state index in [9.17, 15) is 23.1 Å². The first-order valence-corrected chi connectivity index (χ1v) is 11.4. The number of rotatable bonds is 6. The number of hydrogen-bond acceptors (Lipinski definition) is 7. The minimum Gasteiger partial charge on any atom is -0.480 e. The molecular formula is C22H21ClF3N3O5. The van der Waals surface area contributed by atoms with Crippen molar-refractivity contribution in [1.29, 1.82) is 0 Å². The molecule has 8 nitrogen and oxygen atoms in total. The predicted molar refractivity (Wildman–Crippen MR) is 109 cm³/mol.